The molecule has 2 atom stereocenters. The van der Waals surface area contributed by atoms with E-state index in [1.165, 1.54) is 6.92 Å². The average molecular weight is 485 g/mol. The number of cyclic esters (lactones) is 1. The van der Waals surface area contributed by atoms with Gasteiger partial charge in [0.15, 0.2) is 11.6 Å². The number of ketones is 2. The molecule has 1 aliphatic rings. The van der Waals surface area contributed by atoms with Crippen molar-refractivity contribution in [2.75, 3.05) is 0 Å². The lowest BCUT2D eigenvalue weighted by Crippen LogP contribution is -2.54. The fourth-order valence-corrected chi connectivity index (χ4v) is 4.43. The van der Waals surface area contributed by atoms with Gasteiger partial charge >= 0.3 is 5.97 Å². The second-order valence-electron chi connectivity index (χ2n) is 10.1. The Kier molecular flexibility index (Phi) is 6.05. The standard InChI is InChI=1S/C26H29BrO4/c1-24(2,3)18-11-7-16(8-12-18)20(28)15-26(6)22(29)25(4,5)21(31-23(26)30)17-9-13-19(27)14-10-17/h7-14,21H,15H2,1-6H3. The van der Waals surface area contributed by atoms with Crippen molar-refractivity contribution in [1.29, 1.82) is 0 Å². The Morgan fingerprint density at radius 1 is 0.968 bits per heavy atom. The number of hydrogen-bond acceptors (Lipinski definition) is 4. The number of carbonyl (C=O) groups excluding carboxylic acids is 3. The molecular weight excluding hydrogens is 456 g/mol. The molecule has 3 rings (SSSR count). The first kappa shape index (κ1) is 23.4. The number of ether oxygens (including phenoxy) is 1. The van der Waals surface area contributed by atoms with Crippen LogP contribution in [0.4, 0.5) is 0 Å². The van der Waals surface area contributed by atoms with E-state index < -0.39 is 22.9 Å². The fourth-order valence-electron chi connectivity index (χ4n) is 4.16. The highest BCUT2D eigenvalue weighted by Crippen LogP contribution is 2.49. The maximum Gasteiger partial charge on any atom is 0.320 e. The zero-order valence-corrected chi connectivity index (χ0v) is 20.5. The monoisotopic (exact) mass is 484 g/mol. The van der Waals surface area contributed by atoms with Crippen LogP contribution in [0, 0.1) is 10.8 Å². The summed E-state index contributed by atoms with van der Waals surface area (Å²) in [5.74, 6) is -1.17. The van der Waals surface area contributed by atoms with Crippen LogP contribution in [0.1, 0.15) is 75.6 Å². The molecule has 1 heterocycles. The van der Waals surface area contributed by atoms with Gasteiger partial charge in [0.1, 0.15) is 11.5 Å². The molecule has 164 valence electrons. The van der Waals surface area contributed by atoms with Gasteiger partial charge in [-0.15, -0.1) is 0 Å². The molecule has 2 unspecified atom stereocenters. The van der Waals surface area contributed by atoms with Crippen LogP contribution < -0.4 is 0 Å². The molecule has 2 aromatic rings. The van der Waals surface area contributed by atoms with E-state index in [1.54, 1.807) is 26.0 Å². The second kappa shape index (κ2) is 8.01. The number of carbonyl (C=O) groups is 3. The Balaban J connectivity index is 1.86. The van der Waals surface area contributed by atoms with Crippen molar-refractivity contribution in [2.24, 2.45) is 10.8 Å². The van der Waals surface area contributed by atoms with Gasteiger partial charge in [-0.1, -0.05) is 73.1 Å². The lowest BCUT2D eigenvalue weighted by Gasteiger charge is -2.44. The van der Waals surface area contributed by atoms with Crippen LogP contribution >= 0.6 is 15.9 Å². The molecule has 4 nitrogen and oxygen atoms in total. The summed E-state index contributed by atoms with van der Waals surface area (Å²) in [7, 11) is 0. The Morgan fingerprint density at radius 3 is 2.03 bits per heavy atom. The zero-order chi connectivity index (χ0) is 23.2. The van der Waals surface area contributed by atoms with Gasteiger partial charge in [-0.2, -0.15) is 0 Å². The highest BCUT2D eigenvalue weighted by Gasteiger charge is 2.58. The van der Waals surface area contributed by atoms with E-state index in [9.17, 15) is 14.4 Å². The molecule has 0 aromatic heterocycles. The smallest absolute Gasteiger partial charge is 0.320 e. The molecule has 0 radical (unpaired) electrons. The third-order valence-electron chi connectivity index (χ3n) is 6.18. The molecular formula is C26H29BrO4. The molecule has 1 aliphatic heterocycles. The van der Waals surface area contributed by atoms with Gasteiger partial charge in [-0.3, -0.25) is 14.4 Å². The molecule has 0 N–H and O–H groups in total. The first-order valence-electron chi connectivity index (χ1n) is 10.4. The number of hydrogen-bond donors (Lipinski definition) is 0. The van der Waals surface area contributed by atoms with E-state index in [1.807, 2.05) is 36.4 Å². The van der Waals surface area contributed by atoms with Crippen molar-refractivity contribution >= 4 is 33.5 Å². The lowest BCUT2D eigenvalue weighted by atomic mass is 9.64. The third kappa shape index (κ3) is 4.38. The maximum atomic E-state index is 13.5. The quantitative estimate of drug-likeness (QED) is 0.293. The lowest BCUT2D eigenvalue weighted by molar-refractivity contribution is -0.187. The van der Waals surface area contributed by atoms with Crippen LogP contribution in [0.15, 0.2) is 53.0 Å². The summed E-state index contributed by atoms with van der Waals surface area (Å²) in [5, 5.41) is 0. The summed E-state index contributed by atoms with van der Waals surface area (Å²) < 4.78 is 6.69. The number of esters is 1. The zero-order valence-electron chi connectivity index (χ0n) is 18.9. The predicted molar refractivity (Wildman–Crippen MR) is 124 cm³/mol. The molecule has 1 saturated heterocycles. The van der Waals surface area contributed by atoms with Crippen LogP contribution in [0.3, 0.4) is 0 Å². The van der Waals surface area contributed by atoms with Crippen molar-refractivity contribution in [2.45, 2.75) is 59.5 Å². The minimum Gasteiger partial charge on any atom is -0.456 e. The van der Waals surface area contributed by atoms with E-state index in [2.05, 4.69) is 36.7 Å². The topological polar surface area (TPSA) is 60.4 Å². The normalized spacial score (nSPS) is 23.4. The number of Topliss-reactive ketones (excluding diaryl/α,β-unsaturated/α-hetero) is 2. The SMILES string of the molecule is CC1(CC(=O)c2ccc(C(C)(C)C)cc2)C(=O)OC(c2ccc(Br)cc2)C(C)(C)C1=O. The van der Waals surface area contributed by atoms with E-state index in [-0.39, 0.29) is 23.4 Å². The number of benzene rings is 2. The van der Waals surface area contributed by atoms with E-state index in [4.69, 9.17) is 4.74 Å². The molecule has 0 bridgehead atoms. The van der Waals surface area contributed by atoms with Crippen molar-refractivity contribution in [3.05, 3.63) is 69.7 Å². The fraction of sp³-hybridized carbons (Fsp3) is 0.423. The molecule has 0 aliphatic carbocycles. The second-order valence-corrected chi connectivity index (χ2v) is 11.1. The first-order chi connectivity index (χ1) is 14.3. The summed E-state index contributed by atoms with van der Waals surface area (Å²) in [6, 6.07) is 14.7. The van der Waals surface area contributed by atoms with Crippen LogP contribution in [0.2, 0.25) is 0 Å². The van der Waals surface area contributed by atoms with Crippen molar-refractivity contribution in [3.63, 3.8) is 0 Å². The molecule has 5 heteroatoms. The molecule has 31 heavy (non-hydrogen) atoms. The summed E-state index contributed by atoms with van der Waals surface area (Å²) in [6.07, 6.45) is -0.911. The highest BCUT2D eigenvalue weighted by molar-refractivity contribution is 9.10. The van der Waals surface area contributed by atoms with Gasteiger partial charge in [-0.25, -0.2) is 0 Å². The third-order valence-corrected chi connectivity index (χ3v) is 6.71. The van der Waals surface area contributed by atoms with Gasteiger partial charge in [-0.05, 0) is 49.4 Å². The number of rotatable bonds is 4. The number of halogens is 1. The van der Waals surface area contributed by atoms with Crippen molar-refractivity contribution in [3.8, 4) is 0 Å². The van der Waals surface area contributed by atoms with Crippen molar-refractivity contribution < 1.29 is 19.1 Å². The van der Waals surface area contributed by atoms with Gasteiger partial charge in [0.25, 0.3) is 0 Å². The summed E-state index contributed by atoms with van der Waals surface area (Å²) in [5.41, 5.74) is -0.157. The van der Waals surface area contributed by atoms with Gasteiger partial charge < -0.3 is 4.74 Å². The summed E-state index contributed by atoms with van der Waals surface area (Å²) >= 11 is 3.39. The predicted octanol–water partition coefficient (Wildman–Crippen LogP) is 6.22. The molecule has 2 aromatic carbocycles. The highest BCUT2D eigenvalue weighted by atomic mass is 79.9. The molecule has 1 fully saturated rings. The van der Waals surface area contributed by atoms with Gasteiger partial charge in [0.05, 0.1) is 5.41 Å². The summed E-state index contributed by atoms with van der Waals surface area (Å²) in [6.45, 7) is 11.4. The molecule has 0 spiro atoms. The minimum atomic E-state index is -1.52. The van der Waals surface area contributed by atoms with E-state index in [0.29, 0.717) is 5.56 Å². The van der Waals surface area contributed by atoms with Gasteiger partial charge in [0.2, 0.25) is 0 Å². The minimum absolute atomic E-state index is 0.0250. The largest absolute Gasteiger partial charge is 0.456 e. The van der Waals surface area contributed by atoms with E-state index in [0.717, 1.165) is 15.6 Å². The maximum absolute atomic E-state index is 13.5. The summed E-state index contributed by atoms with van der Waals surface area (Å²) in [4.78, 5) is 39.5. The van der Waals surface area contributed by atoms with Crippen LogP contribution in [-0.2, 0) is 19.7 Å². The van der Waals surface area contributed by atoms with Crippen LogP contribution in [-0.4, -0.2) is 17.5 Å². The Labute approximate surface area is 192 Å². The Bertz CT molecular complexity index is 1010. The van der Waals surface area contributed by atoms with E-state index >= 15 is 0 Å². The Hall–Kier alpha value is -2.27. The van der Waals surface area contributed by atoms with Crippen molar-refractivity contribution in [1.82, 2.24) is 0 Å². The molecule has 0 saturated carbocycles. The molecule has 0 amide bonds. The van der Waals surface area contributed by atoms with Gasteiger partial charge in [0, 0.05) is 16.5 Å². The van der Waals surface area contributed by atoms with Crippen LogP contribution in [0.25, 0.3) is 0 Å². The Morgan fingerprint density at radius 2 is 1.52 bits per heavy atom. The van der Waals surface area contributed by atoms with Crippen LogP contribution in [0.5, 0.6) is 0 Å². The average Bonchev–Trinajstić information content (AvgIpc) is 2.70. The first-order valence-corrected chi connectivity index (χ1v) is 11.2.